The Hall–Kier alpha value is -0.450. The molecule has 2 N–H and O–H groups in total. The summed E-state index contributed by atoms with van der Waals surface area (Å²) in [6.45, 7) is 4.79. The summed E-state index contributed by atoms with van der Waals surface area (Å²) >= 11 is 1.68. The van der Waals surface area contributed by atoms with Crippen LogP contribution in [0.2, 0.25) is 0 Å². The molecule has 0 saturated heterocycles. The number of thiazole rings is 1. The third kappa shape index (κ3) is 2.62. The molecule has 1 aromatic heterocycles. The van der Waals surface area contributed by atoms with Crippen LogP contribution in [0.4, 0.5) is 0 Å². The molecular formula is C12H20N2OS. The highest BCUT2D eigenvalue weighted by Gasteiger charge is 2.33. The molecule has 1 aliphatic carbocycles. The van der Waals surface area contributed by atoms with E-state index in [9.17, 15) is 0 Å². The van der Waals surface area contributed by atoms with E-state index < -0.39 is 0 Å². The standard InChI is InChI=1S/C12H20N2OS/c1-3-15-9(2)11-14-10(8-16-11)7-12(13)5-4-6-12/h8-9H,3-7,13H2,1-2H3. The molecule has 1 aromatic rings. The van der Waals surface area contributed by atoms with Crippen molar-refractivity contribution in [3.05, 3.63) is 16.1 Å². The third-order valence-corrected chi connectivity index (χ3v) is 4.27. The molecular weight excluding hydrogens is 220 g/mol. The lowest BCUT2D eigenvalue weighted by atomic mass is 9.75. The summed E-state index contributed by atoms with van der Waals surface area (Å²) in [5, 5.41) is 3.19. The highest BCUT2D eigenvalue weighted by Crippen LogP contribution is 2.33. The summed E-state index contributed by atoms with van der Waals surface area (Å²) < 4.78 is 5.53. The van der Waals surface area contributed by atoms with Crippen molar-refractivity contribution >= 4 is 11.3 Å². The Kier molecular flexibility index (Phi) is 3.62. The zero-order valence-electron chi connectivity index (χ0n) is 10.0. The second-order valence-corrected chi connectivity index (χ2v) is 5.56. The van der Waals surface area contributed by atoms with E-state index >= 15 is 0 Å². The fourth-order valence-electron chi connectivity index (χ4n) is 2.08. The number of aromatic nitrogens is 1. The van der Waals surface area contributed by atoms with Gasteiger partial charge in [0.2, 0.25) is 0 Å². The van der Waals surface area contributed by atoms with Gasteiger partial charge >= 0.3 is 0 Å². The van der Waals surface area contributed by atoms with Crippen molar-refractivity contribution in [1.82, 2.24) is 4.98 Å². The van der Waals surface area contributed by atoms with Crippen LogP contribution in [0.1, 0.15) is 49.9 Å². The molecule has 3 nitrogen and oxygen atoms in total. The molecule has 1 unspecified atom stereocenters. The molecule has 90 valence electrons. The lowest BCUT2D eigenvalue weighted by Gasteiger charge is -2.37. The summed E-state index contributed by atoms with van der Waals surface area (Å²) in [7, 11) is 0. The molecule has 0 aliphatic heterocycles. The molecule has 2 rings (SSSR count). The maximum Gasteiger partial charge on any atom is 0.121 e. The topological polar surface area (TPSA) is 48.1 Å². The van der Waals surface area contributed by atoms with Crippen molar-refractivity contribution in [1.29, 1.82) is 0 Å². The largest absolute Gasteiger partial charge is 0.372 e. The molecule has 1 fully saturated rings. The molecule has 0 radical (unpaired) electrons. The minimum Gasteiger partial charge on any atom is -0.372 e. The maximum atomic E-state index is 6.21. The lowest BCUT2D eigenvalue weighted by Crippen LogP contribution is -2.48. The van der Waals surface area contributed by atoms with Gasteiger partial charge in [0.25, 0.3) is 0 Å². The first-order valence-electron chi connectivity index (χ1n) is 5.98. The van der Waals surface area contributed by atoms with E-state index in [0.717, 1.165) is 36.6 Å². The first kappa shape index (κ1) is 12.0. The van der Waals surface area contributed by atoms with Gasteiger partial charge in [0.1, 0.15) is 11.1 Å². The summed E-state index contributed by atoms with van der Waals surface area (Å²) in [6, 6.07) is 0. The van der Waals surface area contributed by atoms with Gasteiger partial charge in [-0.25, -0.2) is 4.98 Å². The van der Waals surface area contributed by atoms with Crippen molar-refractivity contribution < 1.29 is 4.74 Å². The first-order valence-corrected chi connectivity index (χ1v) is 6.86. The smallest absolute Gasteiger partial charge is 0.121 e. The van der Waals surface area contributed by atoms with Crippen LogP contribution in [0.15, 0.2) is 5.38 Å². The number of hydrogen-bond donors (Lipinski definition) is 1. The molecule has 0 spiro atoms. The predicted octanol–water partition coefficient (Wildman–Crippen LogP) is 2.66. The zero-order valence-corrected chi connectivity index (χ0v) is 10.8. The lowest BCUT2D eigenvalue weighted by molar-refractivity contribution is 0.0760. The molecule has 1 saturated carbocycles. The quantitative estimate of drug-likeness (QED) is 0.860. The van der Waals surface area contributed by atoms with E-state index in [4.69, 9.17) is 10.5 Å². The van der Waals surface area contributed by atoms with Crippen molar-refractivity contribution in [3.8, 4) is 0 Å². The summed E-state index contributed by atoms with van der Waals surface area (Å²) in [4.78, 5) is 4.61. The van der Waals surface area contributed by atoms with Crippen LogP contribution in [0.5, 0.6) is 0 Å². The Morgan fingerprint density at radius 3 is 2.94 bits per heavy atom. The minimum absolute atomic E-state index is 0.0280. The number of nitrogens with two attached hydrogens (primary N) is 1. The van der Waals surface area contributed by atoms with Crippen molar-refractivity contribution in [2.75, 3.05) is 6.61 Å². The van der Waals surface area contributed by atoms with Crippen LogP contribution in [0.3, 0.4) is 0 Å². The molecule has 1 atom stereocenters. The van der Waals surface area contributed by atoms with Gasteiger partial charge in [0.05, 0.1) is 5.69 Å². The van der Waals surface area contributed by atoms with Crippen LogP contribution in [0, 0.1) is 0 Å². The Morgan fingerprint density at radius 2 is 2.38 bits per heavy atom. The van der Waals surface area contributed by atoms with Crippen molar-refractivity contribution in [3.63, 3.8) is 0 Å². The average molecular weight is 240 g/mol. The number of nitrogens with zero attached hydrogens (tertiary/aromatic N) is 1. The van der Waals surface area contributed by atoms with E-state index in [2.05, 4.69) is 10.4 Å². The van der Waals surface area contributed by atoms with E-state index in [1.54, 1.807) is 11.3 Å². The monoisotopic (exact) mass is 240 g/mol. The van der Waals surface area contributed by atoms with E-state index in [1.807, 2.05) is 13.8 Å². The summed E-state index contributed by atoms with van der Waals surface area (Å²) in [6.07, 6.45) is 4.58. The van der Waals surface area contributed by atoms with Gasteiger partial charge in [-0.15, -0.1) is 11.3 Å². The summed E-state index contributed by atoms with van der Waals surface area (Å²) in [5.74, 6) is 0. The molecule has 1 aliphatic rings. The van der Waals surface area contributed by atoms with E-state index in [0.29, 0.717) is 0 Å². The first-order chi connectivity index (χ1) is 7.63. The predicted molar refractivity (Wildman–Crippen MR) is 66.6 cm³/mol. The number of rotatable bonds is 5. The fourth-order valence-corrected chi connectivity index (χ4v) is 2.90. The SMILES string of the molecule is CCOC(C)c1nc(CC2(N)CCC2)cs1. The van der Waals surface area contributed by atoms with Crippen LogP contribution in [0.25, 0.3) is 0 Å². The Morgan fingerprint density at radius 1 is 1.62 bits per heavy atom. The molecule has 4 heteroatoms. The highest BCUT2D eigenvalue weighted by molar-refractivity contribution is 7.09. The normalized spacial score (nSPS) is 20.4. The Balaban J connectivity index is 1.96. The molecule has 0 bridgehead atoms. The van der Waals surface area contributed by atoms with Gasteiger partial charge < -0.3 is 10.5 Å². The van der Waals surface area contributed by atoms with Crippen LogP contribution in [-0.4, -0.2) is 17.1 Å². The number of hydrogen-bond acceptors (Lipinski definition) is 4. The molecule has 0 aromatic carbocycles. The average Bonchev–Trinajstić information content (AvgIpc) is 2.64. The number of ether oxygens (including phenoxy) is 1. The highest BCUT2D eigenvalue weighted by atomic mass is 32.1. The fraction of sp³-hybridized carbons (Fsp3) is 0.750. The maximum absolute atomic E-state index is 6.21. The Bertz CT molecular complexity index is 347. The van der Waals surface area contributed by atoms with E-state index in [-0.39, 0.29) is 11.6 Å². The van der Waals surface area contributed by atoms with Gasteiger partial charge in [-0.1, -0.05) is 0 Å². The summed E-state index contributed by atoms with van der Waals surface area (Å²) in [5.41, 5.74) is 7.37. The van der Waals surface area contributed by atoms with Crippen molar-refractivity contribution in [2.45, 2.75) is 51.2 Å². The van der Waals surface area contributed by atoms with Gasteiger partial charge in [-0.3, -0.25) is 0 Å². The molecule has 0 amide bonds. The van der Waals surface area contributed by atoms with Crippen molar-refractivity contribution in [2.24, 2.45) is 5.73 Å². The molecule has 1 heterocycles. The second kappa shape index (κ2) is 4.82. The molecule has 16 heavy (non-hydrogen) atoms. The van der Waals surface area contributed by atoms with Gasteiger partial charge in [-0.2, -0.15) is 0 Å². The zero-order chi connectivity index (χ0) is 11.6. The van der Waals surface area contributed by atoms with Gasteiger partial charge in [0, 0.05) is 23.9 Å². The van der Waals surface area contributed by atoms with Crippen LogP contribution < -0.4 is 5.73 Å². The Labute approximate surface area is 101 Å². The minimum atomic E-state index is 0.0280. The second-order valence-electron chi connectivity index (χ2n) is 4.67. The van der Waals surface area contributed by atoms with Crippen LogP contribution >= 0.6 is 11.3 Å². The van der Waals surface area contributed by atoms with Gasteiger partial charge in [0.15, 0.2) is 0 Å². The van der Waals surface area contributed by atoms with E-state index in [1.165, 1.54) is 6.42 Å². The third-order valence-electron chi connectivity index (χ3n) is 3.22. The van der Waals surface area contributed by atoms with Crippen LogP contribution in [-0.2, 0) is 11.2 Å². The van der Waals surface area contributed by atoms with Gasteiger partial charge in [-0.05, 0) is 33.1 Å².